The summed E-state index contributed by atoms with van der Waals surface area (Å²) in [6.07, 6.45) is 2.13. The summed E-state index contributed by atoms with van der Waals surface area (Å²) >= 11 is 19.3. The quantitative estimate of drug-likeness (QED) is 0.660. The van der Waals surface area contributed by atoms with Crippen molar-refractivity contribution in [2.75, 3.05) is 42.9 Å². The van der Waals surface area contributed by atoms with E-state index in [1.165, 1.54) is 16.8 Å². The van der Waals surface area contributed by atoms with Gasteiger partial charge in [-0.2, -0.15) is 0 Å². The zero-order valence-corrected chi connectivity index (χ0v) is 17.7. The largest absolute Gasteiger partial charge is 0.384 e. The van der Waals surface area contributed by atoms with Gasteiger partial charge in [-0.1, -0.05) is 53.9 Å². The molecule has 1 saturated heterocycles. The van der Waals surface area contributed by atoms with Gasteiger partial charge in [-0.3, -0.25) is 4.90 Å². The van der Waals surface area contributed by atoms with Crippen LogP contribution in [-0.2, 0) is 6.42 Å². The second-order valence-corrected chi connectivity index (χ2v) is 8.42. The van der Waals surface area contributed by atoms with Crippen LogP contribution in [0, 0.1) is 0 Å². The van der Waals surface area contributed by atoms with Gasteiger partial charge in [-0.05, 0) is 42.2 Å². The van der Waals surface area contributed by atoms with E-state index in [4.69, 9.17) is 34.8 Å². The van der Waals surface area contributed by atoms with Gasteiger partial charge in [0.15, 0.2) is 0 Å². The van der Waals surface area contributed by atoms with Crippen molar-refractivity contribution >= 4 is 46.2 Å². The Balaban J connectivity index is 1.51. The Bertz CT molecular complexity index is 832. The summed E-state index contributed by atoms with van der Waals surface area (Å²) in [7, 11) is 0. The van der Waals surface area contributed by atoms with E-state index in [2.05, 4.69) is 34.2 Å². The number of benzene rings is 2. The van der Waals surface area contributed by atoms with Crippen molar-refractivity contribution in [1.29, 1.82) is 0 Å². The van der Waals surface area contributed by atoms with Crippen molar-refractivity contribution < 1.29 is 0 Å². The Morgan fingerprint density at radius 1 is 1.04 bits per heavy atom. The molecule has 0 aromatic heterocycles. The van der Waals surface area contributed by atoms with Gasteiger partial charge in [0.25, 0.3) is 0 Å². The Morgan fingerprint density at radius 2 is 1.81 bits per heavy atom. The number of piperazine rings is 1. The van der Waals surface area contributed by atoms with Crippen LogP contribution in [0.4, 0.5) is 11.4 Å². The van der Waals surface area contributed by atoms with E-state index in [0.717, 1.165) is 56.3 Å². The van der Waals surface area contributed by atoms with E-state index in [-0.39, 0.29) is 0 Å². The molecule has 1 N–H and O–H groups in total. The average Bonchev–Trinajstić information content (AvgIpc) is 3.12. The molecular weight excluding hydrogens is 401 g/mol. The minimum atomic E-state index is 0.348. The van der Waals surface area contributed by atoms with Gasteiger partial charge in [-0.25, -0.2) is 0 Å². The molecule has 6 heteroatoms. The predicted octanol–water partition coefficient (Wildman–Crippen LogP) is 5.89. The second-order valence-electron chi connectivity index (χ2n) is 7.23. The number of halogens is 3. The average molecular weight is 425 g/mol. The molecule has 0 spiro atoms. The number of nitrogens with zero attached hydrogens (tertiary/aromatic N) is 2. The zero-order chi connectivity index (χ0) is 19.0. The Labute approximate surface area is 176 Å². The van der Waals surface area contributed by atoms with Crippen molar-refractivity contribution in [2.24, 2.45) is 0 Å². The number of rotatable bonds is 4. The van der Waals surface area contributed by atoms with Gasteiger partial charge in [0, 0.05) is 49.5 Å². The normalized spacial score (nSPS) is 18.3. The van der Waals surface area contributed by atoms with Crippen LogP contribution in [-0.4, -0.2) is 37.6 Å². The lowest BCUT2D eigenvalue weighted by Gasteiger charge is -2.40. The molecule has 2 heterocycles. The van der Waals surface area contributed by atoms with Crippen LogP contribution in [0.5, 0.6) is 0 Å². The third-order valence-corrected chi connectivity index (χ3v) is 6.84. The highest BCUT2D eigenvalue weighted by molar-refractivity contribution is 6.43. The first-order valence-corrected chi connectivity index (χ1v) is 10.7. The van der Waals surface area contributed by atoms with Crippen LogP contribution < -0.4 is 10.2 Å². The van der Waals surface area contributed by atoms with E-state index in [1.54, 1.807) is 0 Å². The van der Waals surface area contributed by atoms with E-state index < -0.39 is 0 Å². The lowest BCUT2D eigenvalue weighted by atomic mass is 9.98. The van der Waals surface area contributed by atoms with E-state index >= 15 is 0 Å². The highest BCUT2D eigenvalue weighted by atomic mass is 35.5. The first kappa shape index (κ1) is 19.2. The molecular formula is C21H24Cl3N3. The standard InChI is InChI=1S/C21H24Cl3N3/c1-2-19(15-12-14-6-7-25-18(14)13-17(15)23)26-8-10-27(11-9-26)20-5-3-4-16(22)21(20)24/h3-5,12-13,19,25H,2,6-11H2,1H3. The number of fused-ring (bicyclic) bond motifs is 1. The van der Waals surface area contributed by atoms with Crippen molar-refractivity contribution in [3.63, 3.8) is 0 Å². The molecule has 1 atom stereocenters. The molecule has 4 rings (SSSR count). The monoisotopic (exact) mass is 423 g/mol. The van der Waals surface area contributed by atoms with Gasteiger partial charge < -0.3 is 10.2 Å². The van der Waals surface area contributed by atoms with E-state index in [9.17, 15) is 0 Å². The smallest absolute Gasteiger partial charge is 0.0825 e. The van der Waals surface area contributed by atoms with Gasteiger partial charge in [0.1, 0.15) is 0 Å². The zero-order valence-electron chi connectivity index (χ0n) is 15.4. The first-order chi connectivity index (χ1) is 13.1. The minimum Gasteiger partial charge on any atom is -0.384 e. The lowest BCUT2D eigenvalue weighted by molar-refractivity contribution is 0.181. The maximum Gasteiger partial charge on any atom is 0.0825 e. The van der Waals surface area contributed by atoms with Crippen LogP contribution in [0.2, 0.25) is 15.1 Å². The third kappa shape index (κ3) is 3.75. The molecule has 144 valence electrons. The van der Waals surface area contributed by atoms with Crippen molar-refractivity contribution in [2.45, 2.75) is 25.8 Å². The molecule has 1 fully saturated rings. The summed E-state index contributed by atoms with van der Waals surface area (Å²) in [5.74, 6) is 0. The second kappa shape index (κ2) is 8.08. The predicted molar refractivity (Wildman–Crippen MR) is 117 cm³/mol. The summed E-state index contributed by atoms with van der Waals surface area (Å²) in [6.45, 7) is 7.07. The molecule has 2 aliphatic rings. The number of anilines is 2. The molecule has 27 heavy (non-hydrogen) atoms. The van der Waals surface area contributed by atoms with Gasteiger partial charge in [-0.15, -0.1) is 0 Å². The lowest BCUT2D eigenvalue weighted by Crippen LogP contribution is -2.47. The number of hydrogen-bond acceptors (Lipinski definition) is 3. The van der Waals surface area contributed by atoms with Gasteiger partial charge in [0.05, 0.1) is 15.7 Å². The van der Waals surface area contributed by atoms with E-state index in [0.29, 0.717) is 16.1 Å². The van der Waals surface area contributed by atoms with Crippen molar-refractivity contribution in [3.8, 4) is 0 Å². The summed E-state index contributed by atoms with van der Waals surface area (Å²) in [6, 6.07) is 10.6. The van der Waals surface area contributed by atoms with Crippen LogP contribution >= 0.6 is 34.8 Å². The Hall–Kier alpha value is -1.13. The summed E-state index contributed by atoms with van der Waals surface area (Å²) < 4.78 is 0. The number of nitrogens with one attached hydrogen (secondary N) is 1. The van der Waals surface area contributed by atoms with E-state index in [1.807, 2.05) is 18.2 Å². The fourth-order valence-electron chi connectivity index (χ4n) is 4.28. The highest BCUT2D eigenvalue weighted by Crippen LogP contribution is 2.38. The molecule has 0 radical (unpaired) electrons. The fourth-order valence-corrected chi connectivity index (χ4v) is 4.99. The molecule has 0 saturated carbocycles. The maximum absolute atomic E-state index is 6.65. The number of hydrogen-bond donors (Lipinski definition) is 1. The summed E-state index contributed by atoms with van der Waals surface area (Å²) in [5.41, 5.74) is 4.87. The highest BCUT2D eigenvalue weighted by Gasteiger charge is 2.27. The molecule has 0 amide bonds. The Kier molecular flexibility index (Phi) is 5.75. The third-order valence-electron chi connectivity index (χ3n) is 5.70. The van der Waals surface area contributed by atoms with Crippen LogP contribution in [0.1, 0.15) is 30.5 Å². The van der Waals surface area contributed by atoms with Crippen LogP contribution in [0.25, 0.3) is 0 Å². The van der Waals surface area contributed by atoms with Crippen molar-refractivity contribution in [1.82, 2.24) is 4.90 Å². The topological polar surface area (TPSA) is 18.5 Å². The summed E-state index contributed by atoms with van der Waals surface area (Å²) in [5, 5.41) is 5.54. The van der Waals surface area contributed by atoms with Crippen LogP contribution in [0.15, 0.2) is 30.3 Å². The SMILES string of the molecule is CCC(c1cc2c(cc1Cl)NCC2)N1CCN(c2cccc(Cl)c2Cl)CC1. The summed E-state index contributed by atoms with van der Waals surface area (Å²) in [4.78, 5) is 4.87. The fraction of sp³-hybridized carbons (Fsp3) is 0.429. The van der Waals surface area contributed by atoms with Gasteiger partial charge in [0.2, 0.25) is 0 Å². The van der Waals surface area contributed by atoms with Gasteiger partial charge >= 0.3 is 0 Å². The Morgan fingerprint density at radius 3 is 2.56 bits per heavy atom. The first-order valence-electron chi connectivity index (χ1n) is 9.57. The maximum atomic E-state index is 6.65. The molecule has 0 aliphatic carbocycles. The van der Waals surface area contributed by atoms with Crippen LogP contribution in [0.3, 0.4) is 0 Å². The molecule has 1 unspecified atom stereocenters. The molecule has 2 aliphatic heterocycles. The molecule has 3 nitrogen and oxygen atoms in total. The molecule has 0 bridgehead atoms. The molecule has 2 aromatic carbocycles. The van der Waals surface area contributed by atoms with Crippen molar-refractivity contribution in [3.05, 3.63) is 56.5 Å². The molecule has 2 aromatic rings. The minimum absolute atomic E-state index is 0.348.